The van der Waals surface area contributed by atoms with Gasteiger partial charge in [-0.3, -0.25) is 9.59 Å². The quantitative estimate of drug-likeness (QED) is 0.445. The Morgan fingerprint density at radius 2 is 2.50 bits per heavy atom. The first-order valence-electron chi connectivity index (χ1n) is 3.81. The molecule has 0 aliphatic carbocycles. The van der Waals surface area contributed by atoms with Gasteiger partial charge in [0, 0.05) is 5.75 Å². The van der Waals surface area contributed by atoms with Gasteiger partial charge in [-0.2, -0.15) is 0 Å². The van der Waals surface area contributed by atoms with E-state index < -0.39 is 0 Å². The largest absolute Gasteiger partial charge is 0.462 e. The fraction of sp³-hybridized carbons (Fsp3) is 0.714. The highest BCUT2D eigenvalue weighted by molar-refractivity contribution is 8.00. The summed E-state index contributed by atoms with van der Waals surface area (Å²) in [5, 5.41) is 0.351. The van der Waals surface area contributed by atoms with Gasteiger partial charge in [-0.05, 0) is 0 Å². The number of fused-ring (bicyclic) bond motifs is 1. The molecule has 2 saturated heterocycles. The normalized spacial score (nSPS) is 33.7. The molecular formula is C7H9NO3S. The summed E-state index contributed by atoms with van der Waals surface area (Å²) in [5.41, 5.74) is 0. The fourth-order valence-electron chi connectivity index (χ4n) is 1.44. The van der Waals surface area contributed by atoms with E-state index in [0.717, 1.165) is 5.75 Å². The Kier molecular flexibility index (Phi) is 1.96. The molecule has 0 saturated carbocycles. The first-order valence-corrected chi connectivity index (χ1v) is 4.86. The molecule has 2 aliphatic heterocycles. The summed E-state index contributed by atoms with van der Waals surface area (Å²) in [4.78, 5) is 22.8. The summed E-state index contributed by atoms with van der Waals surface area (Å²) in [6.07, 6.45) is 0.548. The van der Waals surface area contributed by atoms with Gasteiger partial charge in [-0.25, -0.2) is 0 Å². The molecule has 66 valence electrons. The molecule has 0 aromatic carbocycles. The molecule has 0 bridgehead atoms. The van der Waals surface area contributed by atoms with Gasteiger partial charge in [-0.1, -0.05) is 0 Å². The van der Waals surface area contributed by atoms with Crippen molar-refractivity contribution in [2.75, 3.05) is 12.3 Å². The van der Waals surface area contributed by atoms with Gasteiger partial charge in [-0.15, -0.1) is 11.8 Å². The molecule has 0 spiro atoms. The minimum atomic E-state index is -0.104. The third-order valence-corrected chi connectivity index (χ3v) is 3.51. The molecule has 2 heterocycles. The number of nitrogens with zero attached hydrogens (tertiary/aromatic N) is 1. The highest BCUT2D eigenvalue weighted by Crippen LogP contribution is 2.34. The van der Waals surface area contributed by atoms with E-state index in [0.29, 0.717) is 24.8 Å². The van der Waals surface area contributed by atoms with E-state index in [9.17, 15) is 9.59 Å². The molecule has 2 atom stereocenters. The van der Waals surface area contributed by atoms with Crippen LogP contribution in [0.5, 0.6) is 0 Å². The van der Waals surface area contributed by atoms with Crippen LogP contribution in [0.25, 0.3) is 0 Å². The van der Waals surface area contributed by atoms with Gasteiger partial charge < -0.3 is 9.64 Å². The summed E-state index contributed by atoms with van der Waals surface area (Å²) in [7, 11) is 0. The number of carbonyl (C=O) groups is 2. The van der Waals surface area contributed by atoms with Crippen LogP contribution in [0, 0.1) is 0 Å². The molecule has 2 rings (SSSR count). The van der Waals surface area contributed by atoms with Gasteiger partial charge in [0.05, 0.1) is 18.3 Å². The highest BCUT2D eigenvalue weighted by atomic mass is 32.2. The van der Waals surface area contributed by atoms with E-state index in [1.165, 1.54) is 0 Å². The minimum Gasteiger partial charge on any atom is -0.462 e. The SMILES string of the molecule is O=COC1CS[C@H]2CC(=O)N2C1. The zero-order valence-electron chi connectivity index (χ0n) is 6.43. The lowest BCUT2D eigenvalue weighted by Crippen LogP contribution is -2.57. The van der Waals surface area contributed by atoms with E-state index in [-0.39, 0.29) is 12.0 Å². The van der Waals surface area contributed by atoms with Gasteiger partial charge in [0.15, 0.2) is 0 Å². The van der Waals surface area contributed by atoms with Gasteiger partial charge >= 0.3 is 0 Å². The zero-order chi connectivity index (χ0) is 8.55. The Morgan fingerprint density at radius 3 is 3.17 bits per heavy atom. The van der Waals surface area contributed by atoms with Gasteiger partial charge in [0.1, 0.15) is 6.10 Å². The Labute approximate surface area is 74.2 Å². The first-order chi connectivity index (χ1) is 5.81. The molecule has 2 fully saturated rings. The van der Waals surface area contributed by atoms with Crippen LogP contribution in [0.2, 0.25) is 0 Å². The lowest BCUT2D eigenvalue weighted by molar-refractivity contribution is -0.148. The Morgan fingerprint density at radius 1 is 1.67 bits per heavy atom. The molecule has 2 aliphatic rings. The summed E-state index contributed by atoms with van der Waals surface area (Å²) in [6.45, 7) is 1.03. The summed E-state index contributed by atoms with van der Waals surface area (Å²) >= 11 is 1.69. The molecule has 0 radical (unpaired) electrons. The smallest absolute Gasteiger partial charge is 0.293 e. The molecule has 12 heavy (non-hydrogen) atoms. The average molecular weight is 187 g/mol. The fourth-order valence-corrected chi connectivity index (χ4v) is 2.71. The lowest BCUT2D eigenvalue weighted by Gasteiger charge is -2.45. The number of rotatable bonds is 2. The number of β-lactam (4-membered cyclic amide) rings is 1. The summed E-state index contributed by atoms with van der Waals surface area (Å²) < 4.78 is 4.79. The molecule has 1 unspecified atom stereocenters. The zero-order valence-corrected chi connectivity index (χ0v) is 7.25. The van der Waals surface area contributed by atoms with Crippen LogP contribution < -0.4 is 0 Å². The van der Waals surface area contributed by atoms with Crippen molar-refractivity contribution in [1.29, 1.82) is 0 Å². The molecule has 0 aromatic heterocycles. The van der Waals surface area contributed by atoms with Crippen molar-refractivity contribution in [3.05, 3.63) is 0 Å². The monoisotopic (exact) mass is 187 g/mol. The maximum absolute atomic E-state index is 11.0. The van der Waals surface area contributed by atoms with E-state index in [4.69, 9.17) is 4.74 Å². The van der Waals surface area contributed by atoms with Crippen molar-refractivity contribution in [2.24, 2.45) is 0 Å². The Bertz CT molecular complexity index is 221. The van der Waals surface area contributed by atoms with Crippen LogP contribution in [0.4, 0.5) is 0 Å². The standard InChI is InChI=1S/C7H9NO3S/c9-4-11-5-2-8-6(10)1-7(8)12-3-5/h4-5,7H,1-3H2/t5?,7-/m0/s1. The number of hydrogen-bond acceptors (Lipinski definition) is 4. The topological polar surface area (TPSA) is 46.6 Å². The van der Waals surface area contributed by atoms with E-state index in [1.807, 2.05) is 0 Å². The molecular weight excluding hydrogens is 178 g/mol. The minimum absolute atomic E-state index is 0.104. The summed E-state index contributed by atoms with van der Waals surface area (Å²) in [5.74, 6) is 0.986. The molecule has 5 heteroatoms. The second-order valence-electron chi connectivity index (χ2n) is 2.89. The average Bonchev–Trinajstić information content (AvgIpc) is 2.07. The third-order valence-electron chi connectivity index (χ3n) is 2.14. The van der Waals surface area contributed by atoms with Gasteiger partial charge in [0.2, 0.25) is 5.91 Å². The number of amides is 1. The summed E-state index contributed by atoms with van der Waals surface area (Å²) in [6, 6.07) is 0. The van der Waals surface area contributed by atoms with Gasteiger partial charge in [0.25, 0.3) is 6.47 Å². The van der Waals surface area contributed by atoms with Crippen LogP contribution in [-0.2, 0) is 14.3 Å². The number of hydrogen-bond donors (Lipinski definition) is 0. The first kappa shape index (κ1) is 7.91. The van der Waals surface area contributed by atoms with Crippen molar-refractivity contribution in [1.82, 2.24) is 4.90 Å². The predicted octanol–water partition coefficient (Wildman–Crippen LogP) is -0.167. The molecule has 4 nitrogen and oxygen atoms in total. The molecule has 0 aromatic rings. The van der Waals surface area contributed by atoms with Crippen LogP contribution in [-0.4, -0.2) is 41.1 Å². The van der Waals surface area contributed by atoms with E-state index in [2.05, 4.69) is 0 Å². The Balaban J connectivity index is 1.91. The molecule has 1 amide bonds. The predicted molar refractivity (Wildman–Crippen MR) is 43.5 cm³/mol. The van der Waals surface area contributed by atoms with Crippen LogP contribution in [0.15, 0.2) is 0 Å². The van der Waals surface area contributed by atoms with E-state index in [1.54, 1.807) is 16.7 Å². The van der Waals surface area contributed by atoms with Crippen molar-refractivity contribution in [3.63, 3.8) is 0 Å². The lowest BCUT2D eigenvalue weighted by atomic mass is 10.1. The number of carbonyl (C=O) groups excluding carboxylic acids is 2. The molecule has 0 N–H and O–H groups in total. The maximum atomic E-state index is 11.0. The second kappa shape index (κ2) is 2.97. The van der Waals surface area contributed by atoms with E-state index >= 15 is 0 Å². The van der Waals surface area contributed by atoms with Crippen molar-refractivity contribution in [3.8, 4) is 0 Å². The third kappa shape index (κ3) is 1.18. The van der Waals surface area contributed by atoms with Crippen molar-refractivity contribution < 1.29 is 14.3 Å². The van der Waals surface area contributed by atoms with Crippen molar-refractivity contribution >= 4 is 24.1 Å². The number of ether oxygens (including phenoxy) is 1. The highest BCUT2D eigenvalue weighted by Gasteiger charge is 2.41. The van der Waals surface area contributed by atoms with Crippen LogP contribution >= 0.6 is 11.8 Å². The second-order valence-corrected chi connectivity index (χ2v) is 4.10. The van der Waals surface area contributed by atoms with Crippen LogP contribution in [0.3, 0.4) is 0 Å². The number of thioether (sulfide) groups is 1. The van der Waals surface area contributed by atoms with Crippen molar-refractivity contribution in [2.45, 2.75) is 17.9 Å². The Hall–Kier alpha value is -0.710. The van der Waals surface area contributed by atoms with Crippen LogP contribution in [0.1, 0.15) is 6.42 Å². The maximum Gasteiger partial charge on any atom is 0.293 e.